The van der Waals surface area contributed by atoms with E-state index in [0.29, 0.717) is 13.0 Å². The van der Waals surface area contributed by atoms with E-state index in [2.05, 4.69) is 0 Å². The number of esters is 1. The van der Waals surface area contributed by atoms with E-state index in [4.69, 9.17) is 4.74 Å². The molecule has 5 heteroatoms. The fourth-order valence-corrected chi connectivity index (χ4v) is 1.92. The summed E-state index contributed by atoms with van der Waals surface area (Å²) in [4.78, 5) is 35.6. The van der Waals surface area contributed by atoms with Crippen molar-refractivity contribution in [1.82, 2.24) is 4.90 Å². The van der Waals surface area contributed by atoms with Crippen LogP contribution in [0.5, 0.6) is 0 Å². The van der Waals surface area contributed by atoms with Crippen LogP contribution in [-0.4, -0.2) is 41.8 Å². The van der Waals surface area contributed by atoms with Crippen LogP contribution in [0.15, 0.2) is 0 Å². The number of Topliss-reactive ketones (excluding diaryl/α,β-unsaturated/α-hetero) is 1. The van der Waals surface area contributed by atoms with E-state index in [9.17, 15) is 14.4 Å². The van der Waals surface area contributed by atoms with Crippen LogP contribution in [0.2, 0.25) is 0 Å². The molecule has 0 saturated carbocycles. The van der Waals surface area contributed by atoms with Gasteiger partial charge in [0.25, 0.3) is 0 Å². The Morgan fingerprint density at radius 1 is 1.38 bits per heavy atom. The van der Waals surface area contributed by atoms with Gasteiger partial charge in [-0.3, -0.25) is 14.4 Å². The average Bonchev–Trinajstić information content (AvgIpc) is 2.65. The first-order valence-corrected chi connectivity index (χ1v) is 5.51. The van der Waals surface area contributed by atoms with Crippen molar-refractivity contribution in [2.24, 2.45) is 0 Å². The van der Waals surface area contributed by atoms with E-state index < -0.39 is 5.97 Å². The predicted molar refractivity (Wildman–Crippen MR) is 56.7 cm³/mol. The Bertz CT molecular complexity index is 300. The number of hydrogen-bond donors (Lipinski definition) is 0. The van der Waals surface area contributed by atoms with Gasteiger partial charge in [0.15, 0.2) is 5.78 Å². The molecular weight excluding hydrogens is 210 g/mol. The molecule has 1 fully saturated rings. The van der Waals surface area contributed by atoms with Crippen LogP contribution in [0, 0.1) is 0 Å². The lowest BCUT2D eigenvalue weighted by molar-refractivity contribution is -0.150. The third-order valence-corrected chi connectivity index (χ3v) is 2.64. The van der Waals surface area contributed by atoms with Crippen LogP contribution in [0.3, 0.4) is 0 Å². The van der Waals surface area contributed by atoms with Gasteiger partial charge in [-0.05, 0) is 26.7 Å². The zero-order chi connectivity index (χ0) is 12.1. The van der Waals surface area contributed by atoms with Gasteiger partial charge in [-0.25, -0.2) is 0 Å². The van der Waals surface area contributed by atoms with Crippen molar-refractivity contribution in [2.45, 2.75) is 39.2 Å². The van der Waals surface area contributed by atoms with Crippen molar-refractivity contribution in [3.05, 3.63) is 0 Å². The molecule has 0 bridgehead atoms. The van der Waals surface area contributed by atoms with Gasteiger partial charge in [-0.15, -0.1) is 0 Å². The summed E-state index contributed by atoms with van der Waals surface area (Å²) in [6.45, 7) is 3.99. The van der Waals surface area contributed by atoms with E-state index in [1.165, 1.54) is 11.8 Å². The summed E-state index contributed by atoms with van der Waals surface area (Å²) in [5, 5.41) is 0. The summed E-state index contributed by atoms with van der Waals surface area (Å²) in [5.41, 5.74) is 0. The highest BCUT2D eigenvalue weighted by Crippen LogP contribution is 2.18. The van der Waals surface area contributed by atoms with Crippen LogP contribution < -0.4 is 0 Å². The average molecular weight is 227 g/mol. The fraction of sp³-hybridized carbons (Fsp3) is 0.727. The molecule has 1 aliphatic heterocycles. The van der Waals surface area contributed by atoms with Gasteiger partial charge in [0.2, 0.25) is 5.91 Å². The minimum absolute atomic E-state index is 0.0188. The largest absolute Gasteiger partial charge is 0.466 e. The second-order valence-corrected chi connectivity index (χ2v) is 3.84. The van der Waals surface area contributed by atoms with Crippen LogP contribution in [0.25, 0.3) is 0 Å². The number of carbonyl (C=O) groups is 3. The van der Waals surface area contributed by atoms with Gasteiger partial charge >= 0.3 is 5.97 Å². The standard InChI is InChI=1S/C11H17NO4/c1-3-16-11(15)7-10(14)12-6-4-5-9(12)8(2)13/h9H,3-7H2,1-2H3/t9-/m1/s1. The number of ether oxygens (including phenoxy) is 1. The van der Waals surface area contributed by atoms with Crippen LogP contribution in [-0.2, 0) is 19.1 Å². The topological polar surface area (TPSA) is 63.7 Å². The molecule has 0 aromatic rings. The molecule has 0 aliphatic carbocycles. The molecule has 90 valence electrons. The number of hydrogen-bond acceptors (Lipinski definition) is 4. The monoisotopic (exact) mass is 227 g/mol. The number of nitrogens with zero attached hydrogens (tertiary/aromatic N) is 1. The molecule has 5 nitrogen and oxygen atoms in total. The molecule has 0 aromatic heterocycles. The van der Waals surface area contributed by atoms with E-state index in [-0.39, 0.29) is 30.8 Å². The zero-order valence-electron chi connectivity index (χ0n) is 9.69. The van der Waals surface area contributed by atoms with Gasteiger partial charge in [0.1, 0.15) is 6.42 Å². The molecule has 0 aromatic carbocycles. The van der Waals surface area contributed by atoms with Crippen molar-refractivity contribution in [1.29, 1.82) is 0 Å². The zero-order valence-corrected chi connectivity index (χ0v) is 9.69. The maximum absolute atomic E-state index is 11.7. The smallest absolute Gasteiger partial charge is 0.315 e. The van der Waals surface area contributed by atoms with E-state index >= 15 is 0 Å². The Balaban J connectivity index is 2.53. The minimum Gasteiger partial charge on any atom is -0.466 e. The van der Waals surface area contributed by atoms with Crippen LogP contribution in [0.4, 0.5) is 0 Å². The van der Waals surface area contributed by atoms with Crippen molar-refractivity contribution >= 4 is 17.7 Å². The third kappa shape index (κ3) is 3.05. The first-order chi connectivity index (χ1) is 7.56. The Kier molecular flexibility index (Phi) is 4.46. The van der Waals surface area contributed by atoms with Crippen molar-refractivity contribution in [3.8, 4) is 0 Å². The summed E-state index contributed by atoms with van der Waals surface area (Å²) >= 11 is 0. The highest BCUT2D eigenvalue weighted by molar-refractivity contribution is 5.97. The van der Waals surface area contributed by atoms with E-state index in [1.54, 1.807) is 6.92 Å². The number of carbonyl (C=O) groups excluding carboxylic acids is 3. The first-order valence-electron chi connectivity index (χ1n) is 5.51. The predicted octanol–water partition coefficient (Wildman–Crippen LogP) is 0.520. The summed E-state index contributed by atoms with van der Waals surface area (Å²) in [7, 11) is 0. The summed E-state index contributed by atoms with van der Waals surface area (Å²) in [5.74, 6) is -0.854. The lowest BCUT2D eigenvalue weighted by atomic mass is 10.1. The summed E-state index contributed by atoms with van der Waals surface area (Å²) in [6, 6.07) is -0.345. The highest BCUT2D eigenvalue weighted by atomic mass is 16.5. The molecule has 1 amide bonds. The van der Waals surface area contributed by atoms with E-state index in [0.717, 1.165) is 6.42 Å². The third-order valence-electron chi connectivity index (χ3n) is 2.64. The number of rotatable bonds is 4. The molecule has 0 spiro atoms. The Morgan fingerprint density at radius 3 is 2.62 bits per heavy atom. The van der Waals surface area contributed by atoms with Crippen molar-refractivity contribution < 1.29 is 19.1 Å². The molecular formula is C11H17NO4. The second kappa shape index (κ2) is 5.63. The van der Waals surface area contributed by atoms with Gasteiger partial charge in [-0.2, -0.15) is 0 Å². The summed E-state index contributed by atoms with van der Waals surface area (Å²) < 4.78 is 4.70. The SMILES string of the molecule is CCOC(=O)CC(=O)N1CCC[C@@H]1C(C)=O. The molecule has 1 aliphatic rings. The maximum atomic E-state index is 11.7. The molecule has 1 heterocycles. The molecule has 0 N–H and O–H groups in total. The molecule has 1 atom stereocenters. The van der Waals surface area contributed by atoms with Crippen LogP contribution in [0.1, 0.15) is 33.1 Å². The maximum Gasteiger partial charge on any atom is 0.315 e. The second-order valence-electron chi connectivity index (χ2n) is 3.84. The summed E-state index contributed by atoms with van der Waals surface area (Å²) in [6.07, 6.45) is 1.25. The molecule has 16 heavy (non-hydrogen) atoms. The van der Waals surface area contributed by atoms with Gasteiger partial charge in [-0.1, -0.05) is 0 Å². The quantitative estimate of drug-likeness (QED) is 0.519. The fourth-order valence-electron chi connectivity index (χ4n) is 1.92. The molecule has 0 radical (unpaired) electrons. The van der Waals surface area contributed by atoms with Gasteiger partial charge < -0.3 is 9.64 Å². The molecule has 1 saturated heterocycles. The highest BCUT2D eigenvalue weighted by Gasteiger charge is 2.32. The van der Waals surface area contributed by atoms with Crippen molar-refractivity contribution in [2.75, 3.05) is 13.2 Å². The molecule has 1 rings (SSSR count). The molecule has 0 unspecified atom stereocenters. The Morgan fingerprint density at radius 2 is 2.06 bits per heavy atom. The number of likely N-dealkylation sites (tertiary alicyclic amines) is 1. The minimum atomic E-state index is -0.526. The lowest BCUT2D eigenvalue weighted by Crippen LogP contribution is -2.40. The van der Waals surface area contributed by atoms with Gasteiger partial charge in [0.05, 0.1) is 12.6 Å². The van der Waals surface area contributed by atoms with Crippen molar-refractivity contribution in [3.63, 3.8) is 0 Å². The van der Waals surface area contributed by atoms with E-state index in [1.807, 2.05) is 0 Å². The lowest BCUT2D eigenvalue weighted by Gasteiger charge is -2.22. The Labute approximate surface area is 94.7 Å². The Hall–Kier alpha value is -1.39. The normalized spacial score (nSPS) is 19.6. The number of ketones is 1. The number of amides is 1. The van der Waals surface area contributed by atoms with Gasteiger partial charge in [0, 0.05) is 6.54 Å². The first kappa shape index (κ1) is 12.7. The van der Waals surface area contributed by atoms with Crippen LogP contribution >= 0.6 is 0 Å².